The molecule has 1 fully saturated rings. The average Bonchev–Trinajstić information content (AvgIpc) is 3.01. The standard InChI is InChI=1S/C13H27N.C8H18.C4H10.C2H6/c1-11(2)5-6-13-7-8-14(10-13)9-12(3)4;1-5-8(4)6-7(2)3;1-4(2)3;1-2/h11-13H,5-10H2,1-4H3;7-8H,5-6H2,1-4H3;4H,1-3H3;1-2H3. The van der Waals surface area contributed by atoms with Gasteiger partial charge >= 0.3 is 0 Å². The van der Waals surface area contributed by atoms with Crippen LogP contribution in [-0.4, -0.2) is 24.5 Å². The fraction of sp³-hybridized carbons (Fsp3) is 1.00. The van der Waals surface area contributed by atoms with E-state index in [0.717, 1.165) is 35.5 Å². The maximum Gasteiger partial charge on any atom is 0.00102 e. The van der Waals surface area contributed by atoms with E-state index in [1.54, 1.807) is 0 Å². The van der Waals surface area contributed by atoms with Gasteiger partial charge in [-0.25, -0.2) is 0 Å². The predicted molar refractivity (Wildman–Crippen MR) is 134 cm³/mol. The third-order valence-electron chi connectivity index (χ3n) is 4.72. The summed E-state index contributed by atoms with van der Waals surface area (Å²) >= 11 is 0. The minimum Gasteiger partial charge on any atom is -0.303 e. The van der Waals surface area contributed by atoms with Crippen LogP contribution in [0.15, 0.2) is 0 Å². The summed E-state index contributed by atoms with van der Waals surface area (Å²) in [5.41, 5.74) is 0. The van der Waals surface area contributed by atoms with Crippen LogP contribution in [0.4, 0.5) is 0 Å². The molecule has 1 heterocycles. The first-order valence-corrected chi connectivity index (χ1v) is 12.7. The van der Waals surface area contributed by atoms with Crippen LogP contribution in [0.25, 0.3) is 0 Å². The number of hydrogen-bond acceptors (Lipinski definition) is 1. The van der Waals surface area contributed by atoms with Crippen molar-refractivity contribution in [2.45, 2.75) is 122 Å². The van der Waals surface area contributed by atoms with E-state index < -0.39 is 0 Å². The van der Waals surface area contributed by atoms with Gasteiger partial charge in [0.05, 0.1) is 0 Å². The summed E-state index contributed by atoms with van der Waals surface area (Å²) in [6.07, 6.45) is 7.03. The lowest BCUT2D eigenvalue weighted by Crippen LogP contribution is -2.25. The summed E-state index contributed by atoms with van der Waals surface area (Å²) in [5.74, 6) is 5.35. The molecule has 0 aliphatic carbocycles. The molecule has 1 nitrogen and oxygen atoms in total. The van der Waals surface area contributed by atoms with Crippen LogP contribution in [0.1, 0.15) is 122 Å². The molecule has 0 spiro atoms. The zero-order valence-electron chi connectivity index (χ0n) is 22.6. The highest BCUT2D eigenvalue weighted by Gasteiger charge is 2.22. The predicted octanol–water partition coefficient (Wildman–Crippen LogP) is 9.17. The van der Waals surface area contributed by atoms with Crippen molar-refractivity contribution in [2.75, 3.05) is 19.6 Å². The summed E-state index contributed by atoms with van der Waals surface area (Å²) in [7, 11) is 0. The SMILES string of the molecule is CC.CC(C)C.CC(C)CCC1CCN(CC(C)C)C1.CCC(C)CC(C)C. The Morgan fingerprint density at radius 3 is 1.61 bits per heavy atom. The Bertz CT molecular complexity index is 277. The Balaban J connectivity index is -0.000000378. The summed E-state index contributed by atoms with van der Waals surface area (Å²) in [6, 6.07) is 0. The van der Waals surface area contributed by atoms with E-state index in [1.807, 2.05) is 13.8 Å². The Hall–Kier alpha value is -0.0400. The molecule has 174 valence electrons. The lowest BCUT2D eigenvalue weighted by molar-refractivity contribution is 0.282. The van der Waals surface area contributed by atoms with Crippen LogP contribution in [0.5, 0.6) is 0 Å². The molecular weight excluding hydrogens is 338 g/mol. The van der Waals surface area contributed by atoms with Crippen molar-refractivity contribution in [1.29, 1.82) is 0 Å². The van der Waals surface area contributed by atoms with Gasteiger partial charge < -0.3 is 4.90 Å². The molecule has 0 radical (unpaired) electrons. The Morgan fingerprint density at radius 2 is 1.29 bits per heavy atom. The van der Waals surface area contributed by atoms with E-state index >= 15 is 0 Å². The van der Waals surface area contributed by atoms with Crippen molar-refractivity contribution in [3.05, 3.63) is 0 Å². The molecule has 2 unspecified atom stereocenters. The molecule has 28 heavy (non-hydrogen) atoms. The van der Waals surface area contributed by atoms with Crippen molar-refractivity contribution < 1.29 is 0 Å². The minimum absolute atomic E-state index is 0.832. The molecular formula is C27H61N. The van der Waals surface area contributed by atoms with Crippen LogP contribution < -0.4 is 0 Å². The van der Waals surface area contributed by atoms with Crippen LogP contribution in [0.2, 0.25) is 0 Å². The van der Waals surface area contributed by atoms with Gasteiger partial charge in [0.15, 0.2) is 0 Å². The molecule has 0 aromatic carbocycles. The molecule has 0 bridgehead atoms. The maximum atomic E-state index is 2.65. The molecule has 1 rings (SSSR count). The van der Waals surface area contributed by atoms with Gasteiger partial charge in [0.2, 0.25) is 0 Å². The Labute approximate surface area is 182 Å². The van der Waals surface area contributed by atoms with Gasteiger partial charge in [-0.1, -0.05) is 103 Å². The summed E-state index contributed by atoms with van der Waals surface area (Å²) in [5, 5.41) is 0. The first-order chi connectivity index (χ1) is 13.0. The normalized spacial score (nSPS) is 17.7. The smallest absolute Gasteiger partial charge is 0.00102 e. The second kappa shape index (κ2) is 21.7. The third-order valence-corrected chi connectivity index (χ3v) is 4.72. The fourth-order valence-corrected chi connectivity index (χ4v) is 3.37. The first kappa shape index (κ1) is 32.6. The second-order valence-corrected chi connectivity index (χ2v) is 10.7. The number of rotatable bonds is 8. The van der Waals surface area contributed by atoms with Gasteiger partial charge in [0.25, 0.3) is 0 Å². The minimum atomic E-state index is 0.832. The third kappa shape index (κ3) is 28.2. The van der Waals surface area contributed by atoms with Gasteiger partial charge in [0.1, 0.15) is 0 Å². The molecule has 1 heteroatoms. The molecule has 2 atom stereocenters. The lowest BCUT2D eigenvalue weighted by atomic mass is 9.97. The van der Waals surface area contributed by atoms with Crippen LogP contribution in [0.3, 0.4) is 0 Å². The average molecular weight is 400 g/mol. The summed E-state index contributed by atoms with van der Waals surface area (Å²) in [6.45, 7) is 33.0. The highest BCUT2D eigenvalue weighted by molar-refractivity contribution is 4.76. The quantitative estimate of drug-likeness (QED) is 0.393. The monoisotopic (exact) mass is 399 g/mol. The van der Waals surface area contributed by atoms with E-state index in [0.29, 0.717) is 0 Å². The highest BCUT2D eigenvalue weighted by Crippen LogP contribution is 2.23. The van der Waals surface area contributed by atoms with Crippen molar-refractivity contribution in [3.63, 3.8) is 0 Å². The molecule has 0 aromatic heterocycles. The Morgan fingerprint density at radius 1 is 0.786 bits per heavy atom. The first-order valence-electron chi connectivity index (χ1n) is 12.7. The van der Waals surface area contributed by atoms with Crippen LogP contribution in [0, 0.1) is 35.5 Å². The molecule has 0 saturated carbocycles. The van der Waals surface area contributed by atoms with Crippen molar-refractivity contribution in [1.82, 2.24) is 4.90 Å². The van der Waals surface area contributed by atoms with Gasteiger partial charge in [-0.15, -0.1) is 0 Å². The molecule has 0 amide bonds. The molecule has 0 N–H and O–H groups in total. The Kier molecular flexibility index (Phi) is 25.2. The topological polar surface area (TPSA) is 3.24 Å². The van der Waals surface area contributed by atoms with E-state index in [-0.39, 0.29) is 0 Å². The summed E-state index contributed by atoms with van der Waals surface area (Å²) < 4.78 is 0. The number of likely N-dealkylation sites (tertiary alicyclic amines) is 1. The molecule has 1 saturated heterocycles. The number of nitrogens with zero attached hydrogens (tertiary/aromatic N) is 1. The van der Waals surface area contributed by atoms with Crippen LogP contribution in [-0.2, 0) is 0 Å². The van der Waals surface area contributed by atoms with Crippen molar-refractivity contribution >= 4 is 0 Å². The number of hydrogen-bond donors (Lipinski definition) is 0. The van der Waals surface area contributed by atoms with Gasteiger partial charge in [0, 0.05) is 13.1 Å². The van der Waals surface area contributed by atoms with Crippen molar-refractivity contribution in [3.8, 4) is 0 Å². The fourth-order valence-electron chi connectivity index (χ4n) is 3.37. The lowest BCUT2D eigenvalue weighted by Gasteiger charge is -2.18. The maximum absolute atomic E-state index is 2.65. The van der Waals surface area contributed by atoms with E-state index in [1.165, 1.54) is 51.7 Å². The van der Waals surface area contributed by atoms with Gasteiger partial charge in [-0.3, -0.25) is 0 Å². The van der Waals surface area contributed by atoms with E-state index in [9.17, 15) is 0 Å². The zero-order chi connectivity index (χ0) is 22.7. The van der Waals surface area contributed by atoms with E-state index in [2.05, 4.69) is 81.1 Å². The summed E-state index contributed by atoms with van der Waals surface area (Å²) in [4.78, 5) is 2.65. The van der Waals surface area contributed by atoms with Gasteiger partial charge in [-0.05, 0) is 61.3 Å². The van der Waals surface area contributed by atoms with Gasteiger partial charge in [-0.2, -0.15) is 0 Å². The molecule has 0 aromatic rings. The second-order valence-electron chi connectivity index (χ2n) is 10.7. The van der Waals surface area contributed by atoms with Crippen molar-refractivity contribution in [2.24, 2.45) is 35.5 Å². The largest absolute Gasteiger partial charge is 0.303 e. The molecule has 1 aliphatic rings. The zero-order valence-corrected chi connectivity index (χ0v) is 22.6. The molecule has 1 aliphatic heterocycles. The van der Waals surface area contributed by atoms with E-state index in [4.69, 9.17) is 0 Å². The highest BCUT2D eigenvalue weighted by atomic mass is 15.1. The van der Waals surface area contributed by atoms with Crippen LogP contribution >= 0.6 is 0 Å².